The molecule has 3 fully saturated rings. The largest absolute Gasteiger partial charge is 0.494 e. The molecule has 3 heterocycles. The van der Waals surface area contributed by atoms with Gasteiger partial charge >= 0.3 is 6.18 Å². The van der Waals surface area contributed by atoms with Gasteiger partial charge < -0.3 is 25.2 Å². The first-order valence-electron chi connectivity index (χ1n) is 15.0. The summed E-state index contributed by atoms with van der Waals surface area (Å²) in [5, 5.41) is 17.2. The maximum absolute atomic E-state index is 14.9. The Balaban J connectivity index is 1.28. The van der Waals surface area contributed by atoms with Crippen LogP contribution in [0.3, 0.4) is 0 Å². The molecule has 3 aliphatic carbocycles. The van der Waals surface area contributed by atoms with Crippen LogP contribution in [0.15, 0.2) is 60.8 Å². The van der Waals surface area contributed by atoms with E-state index in [4.69, 9.17) is 9.47 Å². The van der Waals surface area contributed by atoms with Crippen molar-refractivity contribution in [2.45, 2.75) is 48.9 Å². The van der Waals surface area contributed by atoms with Gasteiger partial charge in [-0.05, 0) is 80.6 Å². The molecule has 3 saturated carbocycles. The number of nitrogens with one attached hydrogen (secondary N) is 2. The van der Waals surface area contributed by atoms with Crippen LogP contribution in [0, 0.1) is 11.7 Å². The summed E-state index contributed by atoms with van der Waals surface area (Å²) in [4.78, 5) is 35.4. The number of hydrogen-bond acceptors (Lipinski definition) is 7. The fraction of sp³-hybridized carbons (Fsp3) is 0.353. The molecule has 4 aliphatic rings. The number of amides is 2. The van der Waals surface area contributed by atoms with Crippen molar-refractivity contribution in [3.63, 3.8) is 0 Å². The zero-order valence-corrected chi connectivity index (χ0v) is 25.4. The summed E-state index contributed by atoms with van der Waals surface area (Å²) in [7, 11) is 1.37. The molecule has 2 atom stereocenters. The molecule has 1 aliphatic heterocycles. The Morgan fingerprint density at radius 2 is 1.83 bits per heavy atom. The number of halogens is 4. The van der Waals surface area contributed by atoms with Crippen LogP contribution in [-0.4, -0.2) is 58.9 Å². The zero-order valence-electron chi connectivity index (χ0n) is 25.4. The third-order valence-electron chi connectivity index (χ3n) is 9.66. The molecule has 2 aromatic heterocycles. The quantitative estimate of drug-likeness (QED) is 0.231. The van der Waals surface area contributed by atoms with Crippen LogP contribution < -0.4 is 20.1 Å². The number of rotatable bonds is 8. The highest BCUT2D eigenvalue weighted by molar-refractivity contribution is 6.00. The van der Waals surface area contributed by atoms with E-state index in [-0.39, 0.29) is 46.0 Å². The van der Waals surface area contributed by atoms with Crippen LogP contribution in [0.1, 0.15) is 47.8 Å². The third-order valence-corrected chi connectivity index (χ3v) is 9.66. The number of benzene rings is 2. The number of carbonyl (C=O) groups is 2. The summed E-state index contributed by atoms with van der Waals surface area (Å²) in [6.07, 6.45) is -1.27. The van der Waals surface area contributed by atoms with E-state index in [2.05, 4.69) is 20.6 Å². The Labute approximate surface area is 266 Å². The van der Waals surface area contributed by atoms with E-state index in [1.807, 2.05) is 0 Å². The van der Waals surface area contributed by atoms with E-state index < -0.39 is 47.1 Å². The molecule has 13 heteroatoms. The van der Waals surface area contributed by atoms with Crippen molar-refractivity contribution in [2.24, 2.45) is 5.92 Å². The number of pyridine rings is 2. The van der Waals surface area contributed by atoms with Crippen LogP contribution in [0.25, 0.3) is 22.2 Å². The van der Waals surface area contributed by atoms with Gasteiger partial charge in [-0.15, -0.1) is 0 Å². The number of ether oxygens (including phenoxy) is 2. The number of nitrogens with zero attached hydrogens (tertiary/aromatic N) is 2. The van der Waals surface area contributed by atoms with Crippen molar-refractivity contribution in [3.8, 4) is 22.8 Å². The average molecular weight is 651 g/mol. The Bertz CT molecular complexity index is 1920. The predicted molar refractivity (Wildman–Crippen MR) is 161 cm³/mol. The fourth-order valence-electron chi connectivity index (χ4n) is 6.69. The molecule has 2 amide bonds. The van der Waals surface area contributed by atoms with Crippen LogP contribution in [-0.2, 0) is 15.8 Å². The fourth-order valence-corrected chi connectivity index (χ4v) is 6.69. The number of methoxy groups -OCH3 is 1. The van der Waals surface area contributed by atoms with Gasteiger partial charge in [0.1, 0.15) is 40.5 Å². The summed E-state index contributed by atoms with van der Waals surface area (Å²) in [6, 6.07) is 12.0. The lowest BCUT2D eigenvalue weighted by Crippen LogP contribution is -2.70. The van der Waals surface area contributed by atoms with Gasteiger partial charge in [-0.1, -0.05) is 6.07 Å². The van der Waals surface area contributed by atoms with Crippen molar-refractivity contribution < 1.29 is 41.7 Å². The van der Waals surface area contributed by atoms with Gasteiger partial charge in [-0.25, -0.2) is 9.37 Å². The minimum Gasteiger partial charge on any atom is -0.494 e. The standard InChI is InChI=1S/C34H30F4N4O5/c1-31(30(44)42-32-13-18(14-32)15-32)17-47-28-23(31)12-25(41-27(28)19-5-7-22(35)8-6-19)33(45,34(36,37)38)16-40-29(43)21-10-20-4-3-9-39-26(20)24(11-21)46-2/h3-12,18,45H,13-17H2,1-2H3,(H,40,43)(H,42,44)/t18?,31-,32?,33-/m0/s1. The molecule has 8 rings (SSSR count). The number of hydrogen-bond donors (Lipinski definition) is 3. The molecule has 2 bridgehead atoms. The van der Waals surface area contributed by atoms with Crippen LogP contribution in [0.5, 0.6) is 11.5 Å². The third kappa shape index (κ3) is 4.95. The average Bonchev–Trinajstić information content (AvgIpc) is 3.37. The minimum absolute atomic E-state index is 0.0213. The minimum atomic E-state index is -5.34. The normalized spacial score (nSPS) is 23.9. The SMILES string of the molecule is COc1cc(C(=O)NC[C@](O)(c2cc3c(c(-c4ccc(F)cc4)n2)OC[C@]3(C)C(=O)NC23CC(C2)C3)C(F)(F)F)cc2cccnc12. The van der Waals surface area contributed by atoms with Crippen molar-refractivity contribution in [2.75, 3.05) is 20.3 Å². The summed E-state index contributed by atoms with van der Waals surface area (Å²) in [5.41, 5.74) is -5.69. The molecule has 0 spiro atoms. The summed E-state index contributed by atoms with van der Waals surface area (Å²) >= 11 is 0. The van der Waals surface area contributed by atoms with E-state index in [0.29, 0.717) is 16.8 Å². The smallest absolute Gasteiger partial charge is 0.424 e. The first-order chi connectivity index (χ1) is 22.2. The molecular weight excluding hydrogens is 620 g/mol. The molecule has 244 valence electrons. The first kappa shape index (κ1) is 30.9. The van der Waals surface area contributed by atoms with E-state index in [9.17, 15) is 32.3 Å². The Hall–Kier alpha value is -4.78. The lowest BCUT2D eigenvalue weighted by atomic mass is 9.49. The van der Waals surface area contributed by atoms with Gasteiger partial charge in [-0.3, -0.25) is 14.6 Å². The van der Waals surface area contributed by atoms with Crippen molar-refractivity contribution >= 4 is 22.7 Å². The van der Waals surface area contributed by atoms with E-state index in [1.165, 1.54) is 37.6 Å². The molecule has 0 unspecified atom stereocenters. The summed E-state index contributed by atoms with van der Waals surface area (Å²) in [5.74, 6) is -1.05. The Kier molecular flexibility index (Phi) is 6.97. The monoisotopic (exact) mass is 650 g/mol. The number of fused-ring (bicyclic) bond motifs is 2. The van der Waals surface area contributed by atoms with Gasteiger partial charge in [0.25, 0.3) is 5.91 Å². The highest BCUT2D eigenvalue weighted by Gasteiger charge is 2.60. The topological polar surface area (TPSA) is 123 Å². The lowest BCUT2D eigenvalue weighted by molar-refractivity contribution is -0.265. The molecule has 2 aromatic carbocycles. The van der Waals surface area contributed by atoms with Crippen LogP contribution in [0.4, 0.5) is 17.6 Å². The molecule has 0 saturated heterocycles. The second-order valence-corrected chi connectivity index (χ2v) is 12.9. The van der Waals surface area contributed by atoms with Crippen LogP contribution >= 0.6 is 0 Å². The maximum atomic E-state index is 14.9. The van der Waals surface area contributed by atoms with Crippen LogP contribution in [0.2, 0.25) is 0 Å². The summed E-state index contributed by atoms with van der Waals surface area (Å²) in [6.45, 7) is 0.0622. The molecule has 4 aromatic rings. The van der Waals surface area contributed by atoms with Gasteiger partial charge in [-0.2, -0.15) is 13.2 Å². The number of carbonyl (C=O) groups excluding carboxylic acids is 2. The second-order valence-electron chi connectivity index (χ2n) is 12.9. The van der Waals surface area contributed by atoms with Gasteiger partial charge in [0, 0.05) is 33.8 Å². The van der Waals surface area contributed by atoms with Gasteiger partial charge in [0.2, 0.25) is 11.5 Å². The number of aromatic nitrogens is 2. The van der Waals surface area contributed by atoms with Gasteiger partial charge in [0.15, 0.2) is 0 Å². The molecule has 47 heavy (non-hydrogen) atoms. The molecule has 3 N–H and O–H groups in total. The van der Waals surface area contributed by atoms with Crippen molar-refractivity contribution in [3.05, 3.63) is 83.4 Å². The van der Waals surface area contributed by atoms with Gasteiger partial charge in [0.05, 0.1) is 19.3 Å². The van der Waals surface area contributed by atoms with E-state index in [0.717, 1.165) is 37.5 Å². The Morgan fingerprint density at radius 1 is 1.11 bits per heavy atom. The summed E-state index contributed by atoms with van der Waals surface area (Å²) < 4.78 is 69.8. The molecule has 0 radical (unpaired) electrons. The van der Waals surface area contributed by atoms with E-state index in [1.54, 1.807) is 19.1 Å². The second kappa shape index (κ2) is 10.6. The lowest BCUT2D eigenvalue weighted by Gasteiger charge is -2.62. The number of alkyl halides is 3. The Morgan fingerprint density at radius 3 is 2.47 bits per heavy atom. The van der Waals surface area contributed by atoms with Crippen molar-refractivity contribution in [1.29, 1.82) is 0 Å². The number of aliphatic hydroxyl groups is 1. The first-order valence-corrected chi connectivity index (χ1v) is 15.0. The van der Waals surface area contributed by atoms with Crippen molar-refractivity contribution in [1.82, 2.24) is 20.6 Å². The highest BCUT2D eigenvalue weighted by atomic mass is 19.4. The molecule has 9 nitrogen and oxygen atoms in total. The highest BCUT2D eigenvalue weighted by Crippen LogP contribution is 2.57. The predicted octanol–water partition coefficient (Wildman–Crippen LogP) is 4.94. The maximum Gasteiger partial charge on any atom is 0.424 e. The van der Waals surface area contributed by atoms with E-state index >= 15 is 0 Å². The zero-order chi connectivity index (χ0) is 33.4. The molecular formula is C34H30F4N4O5.